The van der Waals surface area contributed by atoms with Crippen LogP contribution in [0.1, 0.15) is 17.3 Å². The lowest BCUT2D eigenvalue weighted by atomic mass is 10.1. The van der Waals surface area contributed by atoms with E-state index in [0.29, 0.717) is 16.7 Å². The van der Waals surface area contributed by atoms with E-state index < -0.39 is 11.9 Å². The van der Waals surface area contributed by atoms with E-state index in [-0.39, 0.29) is 5.56 Å². The van der Waals surface area contributed by atoms with Crippen molar-refractivity contribution in [2.24, 2.45) is 0 Å². The number of H-pyrrole nitrogens is 1. The first-order valence-electron chi connectivity index (χ1n) is 4.61. The van der Waals surface area contributed by atoms with Gasteiger partial charge in [0, 0.05) is 18.5 Å². The number of aromatic nitrogens is 1. The van der Waals surface area contributed by atoms with E-state index in [1.807, 2.05) is 0 Å². The van der Waals surface area contributed by atoms with Gasteiger partial charge < -0.3 is 14.8 Å². The number of aromatic amines is 1. The fourth-order valence-corrected chi connectivity index (χ4v) is 1.54. The molecule has 16 heavy (non-hydrogen) atoms. The van der Waals surface area contributed by atoms with Gasteiger partial charge in [-0.3, -0.25) is 4.79 Å². The Morgan fingerprint density at radius 1 is 1.38 bits per heavy atom. The van der Waals surface area contributed by atoms with Crippen LogP contribution in [0.25, 0.3) is 10.9 Å². The largest absolute Gasteiger partial charge is 0.478 e. The molecule has 2 aromatic rings. The quantitative estimate of drug-likeness (QED) is 0.596. The predicted molar refractivity (Wildman–Crippen MR) is 56.6 cm³/mol. The summed E-state index contributed by atoms with van der Waals surface area (Å²) in [5.41, 5.74) is 0.666. The normalized spacial score (nSPS) is 10.3. The number of fused-ring (bicyclic) bond motifs is 1. The van der Waals surface area contributed by atoms with Crippen LogP contribution >= 0.6 is 0 Å². The molecule has 1 aromatic carbocycles. The molecule has 0 saturated heterocycles. The van der Waals surface area contributed by atoms with Crippen molar-refractivity contribution in [3.8, 4) is 5.75 Å². The molecule has 0 bridgehead atoms. The molecular formula is C11H9NO4. The van der Waals surface area contributed by atoms with Crippen molar-refractivity contribution in [3.63, 3.8) is 0 Å². The van der Waals surface area contributed by atoms with Gasteiger partial charge in [-0.2, -0.15) is 0 Å². The summed E-state index contributed by atoms with van der Waals surface area (Å²) >= 11 is 0. The van der Waals surface area contributed by atoms with Gasteiger partial charge in [0.1, 0.15) is 0 Å². The fraction of sp³-hybridized carbons (Fsp3) is 0.0909. The molecule has 0 radical (unpaired) electrons. The molecule has 0 amide bonds. The first-order valence-corrected chi connectivity index (χ1v) is 4.61. The number of hydrogen-bond donors (Lipinski definition) is 2. The Bertz CT molecular complexity index is 570. The number of nitrogens with one attached hydrogen (secondary N) is 1. The maximum absolute atomic E-state index is 10.9. The number of hydrogen-bond acceptors (Lipinski definition) is 3. The summed E-state index contributed by atoms with van der Waals surface area (Å²) < 4.78 is 4.96. The lowest BCUT2D eigenvalue weighted by Crippen LogP contribution is -2.01. The second-order valence-corrected chi connectivity index (χ2v) is 3.28. The minimum absolute atomic E-state index is 0.156. The van der Waals surface area contributed by atoms with Crippen molar-refractivity contribution in [2.75, 3.05) is 0 Å². The molecule has 5 heteroatoms. The van der Waals surface area contributed by atoms with Crippen LogP contribution in [0, 0.1) is 0 Å². The zero-order chi connectivity index (χ0) is 11.7. The number of rotatable bonds is 2. The molecule has 0 atom stereocenters. The van der Waals surface area contributed by atoms with Gasteiger partial charge in [0.25, 0.3) is 0 Å². The fourth-order valence-electron chi connectivity index (χ4n) is 1.54. The molecule has 0 fully saturated rings. The molecule has 5 nitrogen and oxygen atoms in total. The van der Waals surface area contributed by atoms with Crippen LogP contribution in [0.2, 0.25) is 0 Å². The van der Waals surface area contributed by atoms with Crippen LogP contribution in [0.5, 0.6) is 5.75 Å². The highest BCUT2D eigenvalue weighted by Crippen LogP contribution is 2.27. The monoisotopic (exact) mass is 219 g/mol. The number of para-hydroxylation sites is 1. The number of aromatic carboxylic acids is 1. The van der Waals surface area contributed by atoms with Crippen molar-refractivity contribution in [3.05, 3.63) is 30.0 Å². The van der Waals surface area contributed by atoms with E-state index in [9.17, 15) is 9.59 Å². The van der Waals surface area contributed by atoms with Gasteiger partial charge in [0.15, 0.2) is 5.75 Å². The van der Waals surface area contributed by atoms with Crippen molar-refractivity contribution in [2.45, 2.75) is 6.92 Å². The molecule has 2 N–H and O–H groups in total. The smallest absolute Gasteiger partial charge is 0.337 e. The summed E-state index contributed by atoms with van der Waals surface area (Å²) in [6.07, 6.45) is 1.37. The summed E-state index contributed by atoms with van der Waals surface area (Å²) in [4.78, 5) is 24.5. The third-order valence-corrected chi connectivity index (χ3v) is 2.16. The van der Waals surface area contributed by atoms with Crippen molar-refractivity contribution >= 4 is 22.8 Å². The summed E-state index contributed by atoms with van der Waals surface area (Å²) in [5, 5.41) is 9.44. The Morgan fingerprint density at radius 3 is 2.75 bits per heavy atom. The molecule has 0 spiro atoms. The zero-order valence-corrected chi connectivity index (χ0v) is 8.48. The molecule has 0 saturated carbocycles. The van der Waals surface area contributed by atoms with E-state index in [0.717, 1.165) is 0 Å². The lowest BCUT2D eigenvalue weighted by Gasteiger charge is -2.02. The molecule has 1 aromatic heterocycles. The Labute approximate surface area is 90.6 Å². The summed E-state index contributed by atoms with van der Waals surface area (Å²) in [7, 11) is 0. The molecule has 2 rings (SSSR count). The number of esters is 1. The van der Waals surface area contributed by atoms with E-state index in [1.165, 1.54) is 13.1 Å². The van der Waals surface area contributed by atoms with Crippen LogP contribution < -0.4 is 4.74 Å². The Balaban J connectivity index is 2.61. The average Bonchev–Trinajstić information content (AvgIpc) is 2.61. The van der Waals surface area contributed by atoms with Gasteiger partial charge in [0.2, 0.25) is 0 Å². The number of carboxylic acids is 1. The number of benzene rings is 1. The third-order valence-electron chi connectivity index (χ3n) is 2.16. The van der Waals surface area contributed by atoms with Crippen molar-refractivity contribution in [1.82, 2.24) is 4.98 Å². The number of carbonyl (C=O) groups is 2. The molecular weight excluding hydrogens is 210 g/mol. The van der Waals surface area contributed by atoms with Gasteiger partial charge in [-0.15, -0.1) is 0 Å². The number of carbonyl (C=O) groups excluding carboxylic acids is 1. The summed E-state index contributed by atoms with van der Waals surface area (Å²) in [6, 6.07) is 4.90. The lowest BCUT2D eigenvalue weighted by molar-refractivity contribution is -0.131. The molecule has 0 aliphatic carbocycles. The number of carboxylic acid groups (broad SMARTS) is 1. The van der Waals surface area contributed by atoms with Crippen LogP contribution in [0.3, 0.4) is 0 Å². The van der Waals surface area contributed by atoms with Crippen LogP contribution in [-0.4, -0.2) is 22.0 Å². The van der Waals surface area contributed by atoms with Crippen LogP contribution in [0.15, 0.2) is 24.4 Å². The first-order chi connectivity index (χ1) is 7.59. The van der Waals surface area contributed by atoms with Gasteiger partial charge >= 0.3 is 11.9 Å². The Morgan fingerprint density at radius 2 is 2.12 bits per heavy atom. The molecule has 82 valence electrons. The van der Waals surface area contributed by atoms with E-state index in [4.69, 9.17) is 9.84 Å². The molecule has 0 unspecified atom stereocenters. The van der Waals surface area contributed by atoms with Crippen molar-refractivity contribution in [1.29, 1.82) is 0 Å². The van der Waals surface area contributed by atoms with Gasteiger partial charge in [-0.25, -0.2) is 4.79 Å². The van der Waals surface area contributed by atoms with Crippen LogP contribution in [0.4, 0.5) is 0 Å². The van der Waals surface area contributed by atoms with Crippen LogP contribution in [-0.2, 0) is 4.79 Å². The first kappa shape index (κ1) is 10.2. The standard InChI is InChI=1S/C11H9NO4/c1-6(13)16-9-4-2-3-7-8(11(14)15)5-12-10(7)9/h2-5,12H,1H3,(H,14,15). The SMILES string of the molecule is CC(=O)Oc1cccc2c(C(=O)O)c[nH]c12. The highest BCUT2D eigenvalue weighted by atomic mass is 16.5. The molecule has 0 aliphatic rings. The predicted octanol–water partition coefficient (Wildman–Crippen LogP) is 1.79. The third kappa shape index (κ3) is 1.63. The zero-order valence-electron chi connectivity index (χ0n) is 8.48. The molecule has 0 aliphatic heterocycles. The minimum Gasteiger partial charge on any atom is -0.478 e. The maximum Gasteiger partial charge on any atom is 0.337 e. The van der Waals surface area contributed by atoms with Gasteiger partial charge in [-0.1, -0.05) is 12.1 Å². The van der Waals surface area contributed by atoms with E-state index in [1.54, 1.807) is 18.2 Å². The maximum atomic E-state index is 10.9. The second kappa shape index (κ2) is 3.69. The Kier molecular flexibility index (Phi) is 2.36. The second-order valence-electron chi connectivity index (χ2n) is 3.28. The minimum atomic E-state index is -1.02. The van der Waals surface area contributed by atoms with E-state index >= 15 is 0 Å². The van der Waals surface area contributed by atoms with Crippen molar-refractivity contribution < 1.29 is 19.4 Å². The summed E-state index contributed by atoms with van der Waals surface area (Å²) in [5.74, 6) is -1.14. The van der Waals surface area contributed by atoms with E-state index in [2.05, 4.69) is 4.98 Å². The van der Waals surface area contributed by atoms with Gasteiger partial charge in [0.05, 0.1) is 11.1 Å². The average molecular weight is 219 g/mol. The highest BCUT2D eigenvalue weighted by molar-refractivity contribution is 6.05. The highest BCUT2D eigenvalue weighted by Gasteiger charge is 2.13. The van der Waals surface area contributed by atoms with Gasteiger partial charge in [-0.05, 0) is 6.07 Å². The number of ether oxygens (including phenoxy) is 1. The Hall–Kier alpha value is -2.30. The topological polar surface area (TPSA) is 79.4 Å². The summed E-state index contributed by atoms with van der Waals surface area (Å²) in [6.45, 7) is 1.29. The molecule has 1 heterocycles.